The highest BCUT2D eigenvalue weighted by molar-refractivity contribution is 7.99. The highest BCUT2D eigenvalue weighted by Crippen LogP contribution is 2.33. The number of urea groups is 1. The molecule has 1 unspecified atom stereocenters. The molecule has 1 atom stereocenters. The van der Waals surface area contributed by atoms with Crippen LogP contribution in [0.5, 0.6) is 11.5 Å². The van der Waals surface area contributed by atoms with Crippen molar-refractivity contribution < 1.29 is 19.4 Å². The maximum Gasteiger partial charge on any atom is 0.326 e. The molecule has 224 valence electrons. The van der Waals surface area contributed by atoms with E-state index in [9.17, 15) is 14.7 Å². The minimum atomic E-state index is -0.801. The second kappa shape index (κ2) is 16.4. The van der Waals surface area contributed by atoms with Crippen molar-refractivity contribution in [3.05, 3.63) is 109 Å². The van der Waals surface area contributed by atoms with Gasteiger partial charge in [0, 0.05) is 22.0 Å². The Morgan fingerprint density at radius 3 is 2.07 bits per heavy atom. The van der Waals surface area contributed by atoms with E-state index in [1.54, 1.807) is 16.7 Å². The van der Waals surface area contributed by atoms with Crippen LogP contribution >= 0.6 is 11.8 Å². The SMILES string of the molecule is CCCCCCCN(C(=O)Nc1ccccc1Oc1ccccc1)c1ccc(Sc2ccc(C(CC)C(=O)O)cc2)cc1. The van der Waals surface area contributed by atoms with Crippen LogP contribution in [0.3, 0.4) is 0 Å². The molecule has 0 aliphatic rings. The summed E-state index contributed by atoms with van der Waals surface area (Å²) >= 11 is 1.60. The largest absolute Gasteiger partial charge is 0.481 e. The molecule has 7 heteroatoms. The summed E-state index contributed by atoms with van der Waals surface area (Å²) in [6.07, 6.45) is 6.04. The zero-order valence-electron chi connectivity index (χ0n) is 24.9. The minimum Gasteiger partial charge on any atom is -0.481 e. The molecule has 4 aromatic carbocycles. The number of aliphatic carboxylic acids is 1. The average Bonchev–Trinajstić information content (AvgIpc) is 3.02. The number of carboxylic acids is 1. The first-order valence-corrected chi connectivity index (χ1v) is 15.8. The summed E-state index contributed by atoms with van der Waals surface area (Å²) in [7, 11) is 0. The van der Waals surface area contributed by atoms with Gasteiger partial charge in [-0.15, -0.1) is 0 Å². The van der Waals surface area contributed by atoms with E-state index in [2.05, 4.69) is 12.2 Å². The number of nitrogens with zero attached hydrogens (tertiary/aromatic N) is 1. The molecule has 0 saturated carbocycles. The van der Waals surface area contributed by atoms with Crippen LogP contribution in [-0.4, -0.2) is 23.7 Å². The maximum atomic E-state index is 13.7. The lowest BCUT2D eigenvalue weighted by molar-refractivity contribution is -0.138. The summed E-state index contributed by atoms with van der Waals surface area (Å²) in [5.41, 5.74) is 2.24. The van der Waals surface area contributed by atoms with Gasteiger partial charge in [-0.2, -0.15) is 0 Å². The first-order valence-electron chi connectivity index (χ1n) is 15.0. The predicted molar refractivity (Wildman–Crippen MR) is 176 cm³/mol. The van der Waals surface area contributed by atoms with Crippen molar-refractivity contribution in [3.8, 4) is 11.5 Å². The van der Waals surface area contributed by atoms with Gasteiger partial charge in [0.2, 0.25) is 0 Å². The van der Waals surface area contributed by atoms with Crippen LogP contribution in [0.1, 0.15) is 63.9 Å². The van der Waals surface area contributed by atoms with Crippen molar-refractivity contribution in [1.29, 1.82) is 0 Å². The van der Waals surface area contributed by atoms with E-state index < -0.39 is 11.9 Å². The molecule has 2 amide bonds. The first-order chi connectivity index (χ1) is 21.0. The first kappa shape index (κ1) is 31.7. The van der Waals surface area contributed by atoms with E-state index in [0.717, 1.165) is 40.3 Å². The third-order valence-electron chi connectivity index (χ3n) is 7.20. The van der Waals surface area contributed by atoms with Gasteiger partial charge in [-0.1, -0.05) is 93.8 Å². The molecule has 0 spiro atoms. The number of ether oxygens (including phenoxy) is 1. The lowest BCUT2D eigenvalue weighted by atomic mass is 9.97. The molecule has 0 aromatic heterocycles. The van der Waals surface area contributed by atoms with Gasteiger partial charge in [0.15, 0.2) is 5.75 Å². The van der Waals surface area contributed by atoms with E-state index in [-0.39, 0.29) is 6.03 Å². The predicted octanol–water partition coefficient (Wildman–Crippen LogP) is 10.2. The van der Waals surface area contributed by atoms with Crippen LogP contribution < -0.4 is 15.0 Å². The molecule has 0 aliphatic carbocycles. The fourth-order valence-corrected chi connectivity index (χ4v) is 5.65. The number of carbonyl (C=O) groups excluding carboxylic acids is 1. The van der Waals surface area contributed by atoms with Crippen molar-refractivity contribution in [2.24, 2.45) is 0 Å². The Balaban J connectivity index is 1.47. The summed E-state index contributed by atoms with van der Waals surface area (Å²) < 4.78 is 6.07. The normalized spacial score (nSPS) is 11.5. The highest BCUT2D eigenvalue weighted by Gasteiger charge is 2.19. The molecule has 0 radical (unpaired) electrons. The topological polar surface area (TPSA) is 78.9 Å². The Kier molecular flexibility index (Phi) is 12.1. The van der Waals surface area contributed by atoms with Gasteiger partial charge in [0.05, 0.1) is 11.6 Å². The number of para-hydroxylation sites is 3. The number of hydrogen-bond donors (Lipinski definition) is 2. The number of unbranched alkanes of at least 4 members (excludes halogenated alkanes) is 4. The Labute approximate surface area is 259 Å². The van der Waals surface area contributed by atoms with Gasteiger partial charge in [-0.25, -0.2) is 4.79 Å². The van der Waals surface area contributed by atoms with Gasteiger partial charge in [0.1, 0.15) is 5.75 Å². The summed E-state index contributed by atoms with van der Waals surface area (Å²) in [5.74, 6) is -0.0120. The monoisotopic (exact) mass is 596 g/mol. The number of carboxylic acid groups (broad SMARTS) is 1. The number of nitrogens with one attached hydrogen (secondary N) is 1. The van der Waals surface area contributed by atoms with E-state index in [1.165, 1.54) is 12.8 Å². The third-order valence-corrected chi connectivity index (χ3v) is 8.22. The van der Waals surface area contributed by atoms with Crippen LogP contribution in [0, 0.1) is 0 Å². The van der Waals surface area contributed by atoms with E-state index in [4.69, 9.17) is 4.74 Å². The number of carbonyl (C=O) groups is 2. The molecule has 0 aliphatic heterocycles. The van der Waals surface area contributed by atoms with Gasteiger partial charge >= 0.3 is 12.0 Å². The molecular formula is C36H40N2O4S. The van der Waals surface area contributed by atoms with Crippen LogP contribution in [0.25, 0.3) is 0 Å². The molecule has 0 bridgehead atoms. The third kappa shape index (κ3) is 9.38. The number of anilines is 2. The van der Waals surface area contributed by atoms with E-state index in [0.29, 0.717) is 30.2 Å². The molecule has 0 heterocycles. The second-order valence-electron chi connectivity index (χ2n) is 10.4. The van der Waals surface area contributed by atoms with Crippen LogP contribution in [0.15, 0.2) is 113 Å². The smallest absolute Gasteiger partial charge is 0.326 e. The van der Waals surface area contributed by atoms with E-state index in [1.807, 2.05) is 110 Å². The molecule has 0 saturated heterocycles. The second-order valence-corrected chi connectivity index (χ2v) is 11.5. The quantitative estimate of drug-likeness (QED) is 0.134. The fraction of sp³-hybridized carbons (Fsp3) is 0.278. The van der Waals surface area contributed by atoms with Gasteiger partial charge in [0.25, 0.3) is 0 Å². The highest BCUT2D eigenvalue weighted by atomic mass is 32.2. The number of rotatable bonds is 15. The molecule has 6 nitrogen and oxygen atoms in total. The van der Waals surface area contributed by atoms with Crippen LogP contribution in [0.4, 0.5) is 16.2 Å². The van der Waals surface area contributed by atoms with Crippen molar-refractivity contribution >= 4 is 35.1 Å². The molecule has 4 aromatic rings. The molecule has 2 N–H and O–H groups in total. The average molecular weight is 597 g/mol. The van der Waals surface area contributed by atoms with Crippen molar-refractivity contribution in [2.75, 3.05) is 16.8 Å². The standard InChI is InChI=1S/C36H40N2O4S/c1-3-5-6-7-13-26-38(36(41)37-33-16-11-12-17-34(33)42-29-14-9-8-10-15-29)28-20-24-31(25-21-28)43-30-22-18-27(19-23-30)32(4-2)35(39)40/h8-12,14-25,32H,3-7,13,26H2,1-2H3,(H,37,41)(H,39,40). The number of benzene rings is 4. The van der Waals surface area contributed by atoms with Gasteiger partial charge in [-0.05, 0) is 79.1 Å². The summed E-state index contributed by atoms with van der Waals surface area (Å²) in [5, 5.41) is 12.5. The lowest BCUT2D eigenvalue weighted by Gasteiger charge is -2.24. The van der Waals surface area contributed by atoms with Crippen molar-refractivity contribution in [3.63, 3.8) is 0 Å². The molecular weight excluding hydrogens is 556 g/mol. The number of amides is 2. The Morgan fingerprint density at radius 2 is 1.42 bits per heavy atom. The van der Waals surface area contributed by atoms with Gasteiger partial charge < -0.3 is 15.2 Å². The Hall–Kier alpha value is -4.23. The van der Waals surface area contributed by atoms with Gasteiger partial charge in [-0.3, -0.25) is 9.69 Å². The van der Waals surface area contributed by atoms with Crippen molar-refractivity contribution in [2.45, 2.75) is 68.1 Å². The summed E-state index contributed by atoms with van der Waals surface area (Å²) in [6.45, 7) is 4.68. The van der Waals surface area contributed by atoms with Crippen molar-refractivity contribution in [1.82, 2.24) is 0 Å². The Morgan fingerprint density at radius 1 is 0.791 bits per heavy atom. The minimum absolute atomic E-state index is 0.209. The number of hydrogen-bond acceptors (Lipinski definition) is 4. The van der Waals surface area contributed by atoms with Crippen LogP contribution in [-0.2, 0) is 4.79 Å². The zero-order valence-corrected chi connectivity index (χ0v) is 25.7. The van der Waals surface area contributed by atoms with Crippen LogP contribution in [0.2, 0.25) is 0 Å². The lowest BCUT2D eigenvalue weighted by Crippen LogP contribution is -2.36. The van der Waals surface area contributed by atoms with E-state index >= 15 is 0 Å². The Bertz CT molecular complexity index is 1440. The molecule has 43 heavy (non-hydrogen) atoms. The molecule has 4 rings (SSSR count). The summed E-state index contributed by atoms with van der Waals surface area (Å²) in [4.78, 5) is 29.0. The fourth-order valence-electron chi connectivity index (χ4n) is 4.83. The maximum absolute atomic E-state index is 13.7. The summed E-state index contributed by atoms with van der Waals surface area (Å²) in [6, 6.07) is 32.5. The molecule has 0 fully saturated rings. The zero-order chi connectivity index (χ0) is 30.4.